The molecule has 0 saturated carbocycles. The van der Waals surface area contributed by atoms with Gasteiger partial charge in [-0.3, -0.25) is 0 Å². The van der Waals surface area contributed by atoms with E-state index in [1.165, 1.54) is 0 Å². The summed E-state index contributed by atoms with van der Waals surface area (Å²) in [4.78, 5) is 0. The molecule has 0 atom stereocenters. The van der Waals surface area contributed by atoms with Crippen molar-refractivity contribution in [2.75, 3.05) is 0 Å². The molecule has 0 aliphatic heterocycles. The van der Waals surface area contributed by atoms with Crippen molar-refractivity contribution in [1.82, 2.24) is 0 Å². The molecule has 1 heteroatoms. The first kappa shape index (κ1) is 6.22. The molecular formula is C5H5Hf+3. The molecule has 0 heterocycles. The number of rotatable bonds is 0. The zero-order valence-corrected chi connectivity index (χ0v) is 6.98. The molecule has 0 unspecified atom stereocenters. The van der Waals surface area contributed by atoms with Crippen LogP contribution in [0, 0.1) is 0 Å². The van der Waals surface area contributed by atoms with E-state index in [0.717, 1.165) is 0 Å². The van der Waals surface area contributed by atoms with Gasteiger partial charge in [-0.05, 0) is 0 Å². The zero-order chi connectivity index (χ0) is 3.54. The molecule has 1 aromatic carbocycles. The van der Waals surface area contributed by atoms with Crippen LogP contribution in [-0.2, 0) is 25.8 Å². The van der Waals surface area contributed by atoms with E-state index in [9.17, 15) is 0 Å². The van der Waals surface area contributed by atoms with Gasteiger partial charge >= 0.3 is 25.8 Å². The molecule has 0 N–H and O–H groups in total. The minimum Gasteiger partial charge on any atom is -0.214 e. The minimum atomic E-state index is 0. The Labute approximate surface area is 56.3 Å². The van der Waals surface area contributed by atoms with Crippen molar-refractivity contribution in [2.24, 2.45) is 0 Å². The van der Waals surface area contributed by atoms with Gasteiger partial charge in [0.15, 0.2) is 0 Å². The minimum absolute atomic E-state index is 0. The molecule has 0 nitrogen and oxygen atoms in total. The Morgan fingerprint density at radius 3 is 1.67 bits per heavy atom. The van der Waals surface area contributed by atoms with E-state index in [4.69, 9.17) is 0 Å². The largest absolute Gasteiger partial charge is 4.00 e. The quantitative estimate of drug-likeness (QED) is 0.477. The molecule has 1 aromatic rings. The van der Waals surface area contributed by atoms with Crippen molar-refractivity contribution in [1.29, 1.82) is 0 Å². The molecule has 0 radical (unpaired) electrons. The summed E-state index contributed by atoms with van der Waals surface area (Å²) in [6, 6.07) is 10.0. The Hall–Kier alpha value is 0.220. The van der Waals surface area contributed by atoms with E-state index in [0.29, 0.717) is 0 Å². The van der Waals surface area contributed by atoms with Crippen LogP contribution < -0.4 is 0 Å². The maximum absolute atomic E-state index is 2.00. The van der Waals surface area contributed by atoms with Crippen molar-refractivity contribution in [2.45, 2.75) is 0 Å². The van der Waals surface area contributed by atoms with Crippen LogP contribution in [0.1, 0.15) is 0 Å². The van der Waals surface area contributed by atoms with E-state index < -0.39 is 0 Å². The summed E-state index contributed by atoms with van der Waals surface area (Å²) in [7, 11) is 0. The summed E-state index contributed by atoms with van der Waals surface area (Å²) in [6.07, 6.45) is 0. The molecule has 0 aliphatic carbocycles. The molecule has 0 aromatic heterocycles. The first-order chi connectivity index (χ1) is 2.50. The Morgan fingerprint density at radius 1 is 1.00 bits per heavy atom. The average Bonchev–Trinajstić information content (AvgIpc) is 1.76. The fourth-order valence-electron chi connectivity index (χ4n) is 0.321. The van der Waals surface area contributed by atoms with E-state index in [1.807, 2.05) is 30.3 Å². The smallest absolute Gasteiger partial charge is 0.214 e. The maximum atomic E-state index is 2.00. The van der Waals surface area contributed by atoms with E-state index in [1.54, 1.807) is 0 Å². The second-order valence-corrected chi connectivity index (χ2v) is 0.962. The molecule has 0 spiro atoms. The molecule has 0 amide bonds. The fraction of sp³-hybridized carbons (Fsp3) is 0. The van der Waals surface area contributed by atoms with Gasteiger partial charge in [-0.25, -0.2) is 12.1 Å². The summed E-state index contributed by atoms with van der Waals surface area (Å²) < 4.78 is 0. The maximum Gasteiger partial charge on any atom is 4.00 e. The SMILES string of the molecule is [Hf+4].c1cc[cH-]c1. The van der Waals surface area contributed by atoms with Crippen molar-refractivity contribution >= 4 is 0 Å². The third-order valence-corrected chi connectivity index (χ3v) is 0.556. The van der Waals surface area contributed by atoms with Gasteiger partial charge in [0.05, 0.1) is 0 Å². The van der Waals surface area contributed by atoms with Crippen LogP contribution in [0.3, 0.4) is 0 Å². The summed E-state index contributed by atoms with van der Waals surface area (Å²) in [6.45, 7) is 0. The third-order valence-electron chi connectivity index (χ3n) is 0.556. The van der Waals surface area contributed by atoms with E-state index >= 15 is 0 Å². The van der Waals surface area contributed by atoms with Gasteiger partial charge < -0.3 is 0 Å². The number of hydrogen-bond donors (Lipinski definition) is 0. The molecule has 0 bridgehead atoms. The molecule has 0 aliphatic rings. The van der Waals surface area contributed by atoms with Gasteiger partial charge in [0, 0.05) is 0 Å². The topological polar surface area (TPSA) is 0 Å². The predicted molar refractivity (Wildman–Crippen MR) is 22.0 cm³/mol. The van der Waals surface area contributed by atoms with Gasteiger partial charge in [-0.15, -0.1) is 0 Å². The number of hydrogen-bond acceptors (Lipinski definition) is 0. The summed E-state index contributed by atoms with van der Waals surface area (Å²) >= 11 is 0. The van der Waals surface area contributed by atoms with E-state index in [-0.39, 0.29) is 25.8 Å². The molecule has 1 rings (SSSR count). The summed E-state index contributed by atoms with van der Waals surface area (Å²) in [5, 5.41) is 0. The van der Waals surface area contributed by atoms with Crippen LogP contribution in [0.5, 0.6) is 0 Å². The Balaban J connectivity index is 0.000000250. The molecule has 6 heavy (non-hydrogen) atoms. The summed E-state index contributed by atoms with van der Waals surface area (Å²) in [5.74, 6) is 0. The van der Waals surface area contributed by atoms with Crippen LogP contribution in [0.2, 0.25) is 0 Å². The predicted octanol–water partition coefficient (Wildman–Crippen LogP) is 1.40. The van der Waals surface area contributed by atoms with Crippen molar-refractivity contribution in [3.05, 3.63) is 30.3 Å². The van der Waals surface area contributed by atoms with E-state index in [2.05, 4.69) is 0 Å². The van der Waals surface area contributed by atoms with Crippen LogP contribution in [-0.4, -0.2) is 0 Å². The first-order valence-electron chi connectivity index (χ1n) is 1.67. The monoisotopic (exact) mass is 245 g/mol. The fourth-order valence-corrected chi connectivity index (χ4v) is 0.321. The van der Waals surface area contributed by atoms with Crippen LogP contribution in [0.4, 0.5) is 0 Å². The van der Waals surface area contributed by atoms with Gasteiger partial charge in [0.25, 0.3) is 0 Å². The van der Waals surface area contributed by atoms with Gasteiger partial charge in [-0.1, -0.05) is 0 Å². The van der Waals surface area contributed by atoms with Crippen molar-refractivity contribution in [3.63, 3.8) is 0 Å². The van der Waals surface area contributed by atoms with Gasteiger partial charge in [-0.2, -0.15) is 18.2 Å². The second-order valence-electron chi connectivity index (χ2n) is 0.962. The average molecular weight is 244 g/mol. The second kappa shape index (κ2) is 3.41. The van der Waals surface area contributed by atoms with Gasteiger partial charge in [0.1, 0.15) is 0 Å². The molecule has 26 valence electrons. The Kier molecular flexibility index (Phi) is 3.54. The van der Waals surface area contributed by atoms with Crippen LogP contribution in [0.15, 0.2) is 30.3 Å². The van der Waals surface area contributed by atoms with Gasteiger partial charge in [0.2, 0.25) is 0 Å². The van der Waals surface area contributed by atoms with Crippen molar-refractivity contribution in [3.8, 4) is 0 Å². The van der Waals surface area contributed by atoms with Crippen LogP contribution in [0.25, 0.3) is 0 Å². The molecule has 0 saturated heterocycles. The standard InChI is InChI=1S/C5H5.Hf/c1-2-4-5-3-1;/h1-5H;/q-1;+4. The molecule has 0 fully saturated rings. The summed E-state index contributed by atoms with van der Waals surface area (Å²) in [5.41, 5.74) is 0. The Bertz CT molecular complexity index is 60.4. The first-order valence-corrected chi connectivity index (χ1v) is 1.67. The van der Waals surface area contributed by atoms with Crippen LogP contribution >= 0.6 is 0 Å². The zero-order valence-electron chi connectivity index (χ0n) is 3.39. The van der Waals surface area contributed by atoms with Crippen molar-refractivity contribution < 1.29 is 25.8 Å². The molecular weight excluding hydrogens is 239 g/mol. The third kappa shape index (κ3) is 1.61. The Morgan fingerprint density at radius 2 is 1.50 bits per heavy atom. The normalized spacial score (nSPS) is 6.67.